The molecule has 0 bridgehead atoms. The highest BCUT2D eigenvalue weighted by molar-refractivity contribution is 5.88. The number of ether oxygens (including phenoxy) is 1. The summed E-state index contributed by atoms with van der Waals surface area (Å²) in [5.41, 5.74) is -1.18. The second kappa shape index (κ2) is 9.56. The number of rotatable bonds is 7. The molecule has 0 aliphatic heterocycles. The summed E-state index contributed by atoms with van der Waals surface area (Å²) in [6.45, 7) is 2.21. The number of aromatic carboxylic acids is 1. The summed E-state index contributed by atoms with van der Waals surface area (Å²) >= 11 is 0. The van der Waals surface area contributed by atoms with Gasteiger partial charge in [-0.3, -0.25) is 0 Å². The van der Waals surface area contributed by atoms with E-state index in [9.17, 15) is 22.4 Å². The first-order valence-electron chi connectivity index (χ1n) is 11.0. The Balaban J connectivity index is 1.55. The molecule has 3 rings (SSSR count). The molecule has 1 aromatic carbocycles. The van der Waals surface area contributed by atoms with Crippen molar-refractivity contribution in [1.29, 1.82) is 0 Å². The fourth-order valence-corrected chi connectivity index (χ4v) is 5.34. The van der Waals surface area contributed by atoms with E-state index in [2.05, 4.69) is 11.7 Å². The topological polar surface area (TPSA) is 46.5 Å². The van der Waals surface area contributed by atoms with E-state index < -0.39 is 40.9 Å². The molecule has 2 aliphatic carbocycles. The predicted molar refractivity (Wildman–Crippen MR) is 105 cm³/mol. The maximum absolute atomic E-state index is 14.6. The molecule has 0 radical (unpaired) electrons. The van der Waals surface area contributed by atoms with Gasteiger partial charge in [0.1, 0.15) is 22.9 Å². The van der Waals surface area contributed by atoms with Crippen LogP contribution in [0.1, 0.15) is 81.5 Å². The van der Waals surface area contributed by atoms with Crippen LogP contribution in [0.25, 0.3) is 0 Å². The summed E-state index contributed by atoms with van der Waals surface area (Å²) in [5, 5.41) is 8.78. The average Bonchev–Trinajstić information content (AvgIpc) is 2.68. The molecule has 3 nitrogen and oxygen atoms in total. The molecule has 0 heterocycles. The van der Waals surface area contributed by atoms with Gasteiger partial charge in [-0.15, -0.1) is 0 Å². The van der Waals surface area contributed by atoms with Gasteiger partial charge in [-0.1, -0.05) is 32.6 Å². The number of carboxylic acid groups (broad SMARTS) is 1. The standard InChI is InChI=1S/C23H30F4O3/c1-2-3-14-4-6-15(7-5-14)16-8-10-17(11-9-16)23(26,27)30-18-12-19(24)21(22(28)29)20(25)13-18/h12-17H,2-11H2,1H3,(H,28,29). The van der Waals surface area contributed by atoms with Gasteiger partial charge in [-0.2, -0.15) is 8.78 Å². The van der Waals surface area contributed by atoms with Crippen molar-refractivity contribution in [2.75, 3.05) is 0 Å². The average molecular weight is 430 g/mol. The van der Waals surface area contributed by atoms with Gasteiger partial charge >= 0.3 is 12.1 Å². The molecule has 7 heteroatoms. The zero-order valence-electron chi connectivity index (χ0n) is 17.3. The van der Waals surface area contributed by atoms with E-state index in [0.29, 0.717) is 49.7 Å². The SMILES string of the molecule is CCCC1CCC(C2CCC(C(F)(F)Oc3cc(F)c(C(=O)O)c(F)c3)CC2)CC1. The van der Waals surface area contributed by atoms with Crippen molar-refractivity contribution in [3.05, 3.63) is 29.3 Å². The molecule has 1 N–H and O–H groups in total. The lowest BCUT2D eigenvalue weighted by Gasteiger charge is -2.39. The largest absolute Gasteiger partial charge is 0.477 e. The lowest BCUT2D eigenvalue weighted by molar-refractivity contribution is -0.224. The van der Waals surface area contributed by atoms with E-state index in [1.807, 2.05) is 0 Å². The molecule has 0 unspecified atom stereocenters. The van der Waals surface area contributed by atoms with Crippen molar-refractivity contribution in [3.8, 4) is 5.75 Å². The normalized spacial score (nSPS) is 27.6. The monoisotopic (exact) mass is 430 g/mol. The highest BCUT2D eigenvalue weighted by Gasteiger charge is 2.45. The van der Waals surface area contributed by atoms with Crippen LogP contribution in [-0.2, 0) is 0 Å². The molecule has 2 saturated carbocycles. The molecule has 168 valence electrons. The van der Waals surface area contributed by atoms with E-state index in [0.717, 1.165) is 5.92 Å². The van der Waals surface area contributed by atoms with Crippen molar-refractivity contribution in [2.24, 2.45) is 23.7 Å². The minimum absolute atomic E-state index is 0.310. The maximum Gasteiger partial charge on any atom is 0.400 e. The van der Waals surface area contributed by atoms with Gasteiger partial charge in [0, 0.05) is 12.1 Å². The third-order valence-corrected chi connectivity index (χ3v) is 6.99. The van der Waals surface area contributed by atoms with E-state index in [-0.39, 0.29) is 0 Å². The van der Waals surface area contributed by atoms with Crippen LogP contribution < -0.4 is 4.74 Å². The number of carboxylic acids is 1. The van der Waals surface area contributed by atoms with Crippen molar-refractivity contribution < 1.29 is 32.2 Å². The van der Waals surface area contributed by atoms with Gasteiger partial charge in [-0.05, 0) is 56.3 Å². The maximum atomic E-state index is 14.6. The fraction of sp³-hybridized carbons (Fsp3) is 0.696. The van der Waals surface area contributed by atoms with Crippen LogP contribution in [-0.4, -0.2) is 17.2 Å². The summed E-state index contributed by atoms with van der Waals surface area (Å²) in [4.78, 5) is 10.8. The molecule has 1 aromatic rings. The van der Waals surface area contributed by atoms with Crippen molar-refractivity contribution in [1.82, 2.24) is 0 Å². The number of alkyl halides is 2. The Labute approximate surface area is 174 Å². The fourth-order valence-electron chi connectivity index (χ4n) is 5.34. The Kier molecular flexibility index (Phi) is 7.30. The smallest absolute Gasteiger partial charge is 0.400 e. The summed E-state index contributed by atoms with van der Waals surface area (Å²) in [6.07, 6.45) is 5.81. The van der Waals surface area contributed by atoms with E-state index >= 15 is 0 Å². The van der Waals surface area contributed by atoms with Crippen LogP contribution in [0, 0.1) is 35.3 Å². The molecule has 0 spiro atoms. The number of benzene rings is 1. The zero-order chi connectivity index (χ0) is 21.9. The predicted octanol–water partition coefficient (Wildman–Crippen LogP) is 7.05. The number of carbonyl (C=O) groups is 1. The Hall–Kier alpha value is -1.79. The van der Waals surface area contributed by atoms with Gasteiger partial charge < -0.3 is 9.84 Å². The van der Waals surface area contributed by atoms with E-state index in [1.54, 1.807) is 0 Å². The highest BCUT2D eigenvalue weighted by atomic mass is 19.3. The lowest BCUT2D eigenvalue weighted by atomic mass is 9.68. The van der Waals surface area contributed by atoms with Crippen molar-refractivity contribution >= 4 is 5.97 Å². The lowest BCUT2D eigenvalue weighted by Crippen LogP contribution is -2.38. The van der Waals surface area contributed by atoms with Crippen LogP contribution >= 0.6 is 0 Å². The first-order chi connectivity index (χ1) is 14.2. The first-order valence-corrected chi connectivity index (χ1v) is 11.0. The summed E-state index contributed by atoms with van der Waals surface area (Å²) in [7, 11) is 0. The summed E-state index contributed by atoms with van der Waals surface area (Å²) < 4.78 is 61.5. The van der Waals surface area contributed by atoms with Crippen molar-refractivity contribution in [3.63, 3.8) is 0 Å². The highest BCUT2D eigenvalue weighted by Crippen LogP contribution is 2.46. The number of hydrogen-bond donors (Lipinski definition) is 1. The molecule has 0 saturated heterocycles. The van der Waals surface area contributed by atoms with Gasteiger partial charge in [0.15, 0.2) is 0 Å². The Morgan fingerprint density at radius 1 is 1.00 bits per heavy atom. The molecule has 30 heavy (non-hydrogen) atoms. The van der Waals surface area contributed by atoms with E-state index in [1.165, 1.54) is 38.5 Å². The van der Waals surface area contributed by atoms with Crippen molar-refractivity contribution in [2.45, 2.75) is 77.2 Å². The van der Waals surface area contributed by atoms with Crippen LogP contribution in [0.5, 0.6) is 5.75 Å². The third kappa shape index (κ3) is 5.27. The molecular weight excluding hydrogens is 400 g/mol. The molecule has 0 aromatic heterocycles. The zero-order valence-corrected chi connectivity index (χ0v) is 17.3. The Bertz CT molecular complexity index is 713. The second-order valence-electron chi connectivity index (χ2n) is 8.91. The van der Waals surface area contributed by atoms with Crippen LogP contribution in [0.4, 0.5) is 17.6 Å². The molecule has 2 fully saturated rings. The molecule has 0 amide bonds. The minimum Gasteiger partial charge on any atom is -0.477 e. The van der Waals surface area contributed by atoms with Crippen LogP contribution in [0.15, 0.2) is 12.1 Å². The Morgan fingerprint density at radius 3 is 1.97 bits per heavy atom. The van der Waals surface area contributed by atoms with Gasteiger partial charge in [0.25, 0.3) is 0 Å². The van der Waals surface area contributed by atoms with Crippen LogP contribution in [0.3, 0.4) is 0 Å². The van der Waals surface area contributed by atoms with Gasteiger partial charge in [-0.25, -0.2) is 13.6 Å². The second-order valence-corrected chi connectivity index (χ2v) is 8.91. The third-order valence-electron chi connectivity index (χ3n) is 6.99. The summed E-state index contributed by atoms with van der Waals surface area (Å²) in [6, 6.07) is 1.00. The first kappa shape index (κ1) is 22.9. The molecule has 0 atom stereocenters. The summed E-state index contributed by atoms with van der Waals surface area (Å²) in [5.74, 6) is -4.50. The number of hydrogen-bond acceptors (Lipinski definition) is 2. The minimum atomic E-state index is -3.56. The van der Waals surface area contributed by atoms with E-state index in [4.69, 9.17) is 5.11 Å². The van der Waals surface area contributed by atoms with Crippen LogP contribution in [0.2, 0.25) is 0 Å². The Morgan fingerprint density at radius 2 is 1.50 bits per heavy atom. The van der Waals surface area contributed by atoms with Gasteiger partial charge in [0.05, 0.1) is 5.92 Å². The quantitative estimate of drug-likeness (QED) is 0.472. The molecule has 2 aliphatic rings. The van der Waals surface area contributed by atoms with Gasteiger partial charge in [0.2, 0.25) is 0 Å². The number of halogens is 4. The molecular formula is C23H30F4O3.